The van der Waals surface area contributed by atoms with Crippen LogP contribution in [0.4, 0.5) is 0 Å². The Balaban J connectivity index is 1.55. The molecule has 3 rings (SSSR count). The lowest BCUT2D eigenvalue weighted by Gasteiger charge is -2.05. The average molecular weight is 316 g/mol. The van der Waals surface area contributed by atoms with E-state index in [1.807, 2.05) is 17.5 Å². The summed E-state index contributed by atoms with van der Waals surface area (Å²) in [7, 11) is 0. The number of nitrogens with one attached hydrogen (secondary N) is 2. The van der Waals surface area contributed by atoms with Gasteiger partial charge in [-0.25, -0.2) is 0 Å². The molecule has 0 unspecified atom stereocenters. The number of carbonyl (C=O) groups is 2. The van der Waals surface area contributed by atoms with Gasteiger partial charge in [0.1, 0.15) is 0 Å². The fourth-order valence-electron chi connectivity index (χ4n) is 1.81. The third-order valence-electron chi connectivity index (χ3n) is 2.88. The van der Waals surface area contributed by atoms with Gasteiger partial charge in [-0.1, -0.05) is 6.07 Å². The third kappa shape index (κ3) is 3.26. The summed E-state index contributed by atoms with van der Waals surface area (Å²) in [6.07, 6.45) is 3.03. The van der Waals surface area contributed by atoms with E-state index < -0.39 is 11.8 Å². The molecular formula is C15H12N2O4S. The molecule has 0 fully saturated rings. The van der Waals surface area contributed by atoms with Crippen molar-refractivity contribution < 1.29 is 19.1 Å². The van der Waals surface area contributed by atoms with E-state index in [0.717, 1.165) is 4.88 Å². The lowest BCUT2D eigenvalue weighted by Crippen LogP contribution is -2.40. The van der Waals surface area contributed by atoms with E-state index in [2.05, 4.69) is 10.9 Å². The topological polar surface area (TPSA) is 76.7 Å². The van der Waals surface area contributed by atoms with Gasteiger partial charge in [-0.05, 0) is 35.7 Å². The number of ether oxygens (including phenoxy) is 2. The second kappa shape index (κ2) is 6.31. The predicted octanol–water partition coefficient (Wildman–Crippen LogP) is 1.95. The Morgan fingerprint density at radius 1 is 1.14 bits per heavy atom. The highest BCUT2D eigenvalue weighted by Crippen LogP contribution is 2.32. The van der Waals surface area contributed by atoms with Crippen molar-refractivity contribution in [3.8, 4) is 11.5 Å². The van der Waals surface area contributed by atoms with Crippen LogP contribution >= 0.6 is 11.3 Å². The molecule has 2 N–H and O–H groups in total. The molecule has 112 valence electrons. The molecule has 2 aromatic rings. The zero-order valence-electron chi connectivity index (χ0n) is 11.4. The number of hydrogen-bond acceptors (Lipinski definition) is 5. The van der Waals surface area contributed by atoms with Gasteiger partial charge in [0.05, 0.1) is 0 Å². The van der Waals surface area contributed by atoms with Crippen LogP contribution in [0.15, 0.2) is 41.8 Å². The number of thiophene rings is 1. The maximum atomic E-state index is 11.9. The average Bonchev–Trinajstić information content (AvgIpc) is 3.20. The van der Waals surface area contributed by atoms with Crippen LogP contribution in [0.3, 0.4) is 0 Å². The summed E-state index contributed by atoms with van der Waals surface area (Å²) in [5.74, 6) is 0.259. The summed E-state index contributed by atoms with van der Waals surface area (Å²) >= 11 is 1.52. The number of benzene rings is 1. The molecule has 0 spiro atoms. The van der Waals surface area contributed by atoms with E-state index in [0.29, 0.717) is 17.1 Å². The summed E-state index contributed by atoms with van der Waals surface area (Å²) in [5.41, 5.74) is 5.02. The Labute approximate surface area is 130 Å². The van der Waals surface area contributed by atoms with Gasteiger partial charge in [-0.15, -0.1) is 11.3 Å². The first-order valence-corrected chi connectivity index (χ1v) is 7.32. The third-order valence-corrected chi connectivity index (χ3v) is 3.71. The van der Waals surface area contributed by atoms with Gasteiger partial charge in [-0.2, -0.15) is 0 Å². The summed E-state index contributed by atoms with van der Waals surface area (Å²) < 4.78 is 10.4. The lowest BCUT2D eigenvalue weighted by molar-refractivity contribution is -0.117. The van der Waals surface area contributed by atoms with Crippen molar-refractivity contribution in [1.29, 1.82) is 0 Å². The van der Waals surface area contributed by atoms with E-state index in [9.17, 15) is 9.59 Å². The first-order valence-electron chi connectivity index (χ1n) is 6.44. The quantitative estimate of drug-likeness (QED) is 0.670. The van der Waals surface area contributed by atoms with E-state index in [4.69, 9.17) is 9.47 Å². The second-order valence-electron chi connectivity index (χ2n) is 4.36. The maximum Gasteiger partial charge on any atom is 0.269 e. The van der Waals surface area contributed by atoms with Crippen LogP contribution in [0.1, 0.15) is 15.2 Å². The normalized spacial score (nSPS) is 12.4. The molecule has 0 saturated heterocycles. The van der Waals surface area contributed by atoms with Gasteiger partial charge in [0, 0.05) is 16.5 Å². The molecule has 0 radical (unpaired) electrons. The molecule has 2 heterocycles. The number of amides is 2. The minimum absolute atomic E-state index is 0.144. The molecule has 0 saturated carbocycles. The SMILES string of the molecule is O=C(/C=C/c1cccs1)NNC(=O)c1ccc2c(c1)OCO2. The molecule has 1 aromatic heterocycles. The van der Waals surface area contributed by atoms with Crippen molar-refractivity contribution in [3.63, 3.8) is 0 Å². The zero-order chi connectivity index (χ0) is 15.4. The molecule has 0 atom stereocenters. The van der Waals surface area contributed by atoms with Crippen LogP contribution in [0.25, 0.3) is 6.08 Å². The second-order valence-corrected chi connectivity index (χ2v) is 5.34. The Hall–Kier alpha value is -2.80. The van der Waals surface area contributed by atoms with E-state index in [-0.39, 0.29) is 6.79 Å². The van der Waals surface area contributed by atoms with Crippen molar-refractivity contribution in [1.82, 2.24) is 10.9 Å². The molecule has 2 amide bonds. The molecule has 0 aliphatic carbocycles. The number of hydrazine groups is 1. The Kier molecular flexibility index (Phi) is 4.06. The van der Waals surface area contributed by atoms with Crippen LogP contribution in [0.2, 0.25) is 0 Å². The number of fused-ring (bicyclic) bond motifs is 1. The highest BCUT2D eigenvalue weighted by atomic mass is 32.1. The fraction of sp³-hybridized carbons (Fsp3) is 0.0667. The van der Waals surface area contributed by atoms with Crippen LogP contribution in [0.5, 0.6) is 11.5 Å². The van der Waals surface area contributed by atoms with E-state index >= 15 is 0 Å². The fourth-order valence-corrected chi connectivity index (χ4v) is 2.43. The van der Waals surface area contributed by atoms with Gasteiger partial charge in [0.2, 0.25) is 6.79 Å². The minimum Gasteiger partial charge on any atom is -0.454 e. The van der Waals surface area contributed by atoms with E-state index in [1.165, 1.54) is 17.4 Å². The van der Waals surface area contributed by atoms with E-state index in [1.54, 1.807) is 24.3 Å². The summed E-state index contributed by atoms with van der Waals surface area (Å²) in [4.78, 5) is 24.5. The Morgan fingerprint density at radius 3 is 2.82 bits per heavy atom. The van der Waals surface area contributed by atoms with Crippen LogP contribution in [-0.4, -0.2) is 18.6 Å². The Bertz CT molecular complexity index is 725. The summed E-state index contributed by atoms with van der Waals surface area (Å²) in [6, 6.07) is 8.58. The Morgan fingerprint density at radius 2 is 2.00 bits per heavy atom. The molecule has 6 nitrogen and oxygen atoms in total. The molecular weight excluding hydrogens is 304 g/mol. The van der Waals surface area contributed by atoms with Gasteiger partial charge in [0.15, 0.2) is 11.5 Å². The molecule has 0 bridgehead atoms. The molecule has 1 aromatic carbocycles. The monoisotopic (exact) mass is 316 g/mol. The number of carbonyl (C=O) groups excluding carboxylic acids is 2. The van der Waals surface area contributed by atoms with Gasteiger partial charge < -0.3 is 9.47 Å². The van der Waals surface area contributed by atoms with Crippen molar-refractivity contribution in [3.05, 3.63) is 52.2 Å². The van der Waals surface area contributed by atoms with Crippen LogP contribution < -0.4 is 20.3 Å². The first-order chi connectivity index (χ1) is 10.7. The summed E-state index contributed by atoms with van der Waals surface area (Å²) in [5, 5.41) is 1.92. The van der Waals surface area contributed by atoms with Crippen molar-refractivity contribution in [2.24, 2.45) is 0 Å². The molecule has 1 aliphatic heterocycles. The van der Waals surface area contributed by atoms with Crippen molar-refractivity contribution in [2.45, 2.75) is 0 Å². The largest absolute Gasteiger partial charge is 0.454 e. The smallest absolute Gasteiger partial charge is 0.269 e. The molecule has 1 aliphatic rings. The molecule has 22 heavy (non-hydrogen) atoms. The maximum absolute atomic E-state index is 11.9. The van der Waals surface area contributed by atoms with Gasteiger partial charge in [-0.3, -0.25) is 20.4 Å². The number of rotatable bonds is 3. The highest BCUT2D eigenvalue weighted by Gasteiger charge is 2.16. The lowest BCUT2D eigenvalue weighted by atomic mass is 10.2. The number of hydrogen-bond donors (Lipinski definition) is 2. The zero-order valence-corrected chi connectivity index (χ0v) is 12.2. The predicted molar refractivity (Wildman–Crippen MR) is 81.5 cm³/mol. The molecule has 7 heteroatoms. The standard InChI is InChI=1S/C15H12N2O4S/c18-14(6-4-11-2-1-7-22-11)16-17-15(19)10-3-5-12-13(8-10)21-9-20-12/h1-8H,9H2,(H,16,18)(H,17,19)/b6-4+. The van der Waals surface area contributed by atoms with Crippen molar-refractivity contribution >= 4 is 29.2 Å². The highest BCUT2D eigenvalue weighted by molar-refractivity contribution is 7.10. The van der Waals surface area contributed by atoms with Crippen LogP contribution in [0, 0.1) is 0 Å². The van der Waals surface area contributed by atoms with Gasteiger partial charge >= 0.3 is 0 Å². The van der Waals surface area contributed by atoms with Gasteiger partial charge in [0.25, 0.3) is 11.8 Å². The van der Waals surface area contributed by atoms with Crippen molar-refractivity contribution in [2.75, 3.05) is 6.79 Å². The van der Waals surface area contributed by atoms with Crippen LogP contribution in [-0.2, 0) is 4.79 Å². The first kappa shape index (κ1) is 14.2. The summed E-state index contributed by atoms with van der Waals surface area (Å²) in [6.45, 7) is 0.144. The minimum atomic E-state index is -0.434.